The number of non-ortho nitro benzene ring substituents is 1. The number of ether oxygens (including phenoxy) is 1. The second-order valence-corrected chi connectivity index (χ2v) is 5.28. The fraction of sp³-hybridized carbons (Fsp3) is 0.462. The predicted molar refractivity (Wildman–Crippen MR) is 80.9 cm³/mol. The van der Waals surface area contributed by atoms with E-state index in [4.69, 9.17) is 17.0 Å². The molecule has 0 amide bonds. The third-order valence-corrected chi connectivity index (χ3v) is 3.40. The van der Waals surface area contributed by atoms with Crippen molar-refractivity contribution in [3.05, 3.63) is 34.4 Å². The van der Waals surface area contributed by atoms with E-state index in [1.807, 2.05) is 13.8 Å². The lowest BCUT2D eigenvalue weighted by Gasteiger charge is -2.36. The number of anilines is 1. The van der Waals surface area contributed by atoms with Gasteiger partial charge in [-0.1, -0.05) is 0 Å². The van der Waals surface area contributed by atoms with Crippen LogP contribution in [0.25, 0.3) is 0 Å². The zero-order valence-electron chi connectivity index (χ0n) is 11.4. The van der Waals surface area contributed by atoms with Crippen LogP contribution in [0.15, 0.2) is 24.3 Å². The minimum absolute atomic E-state index is 0.0649. The highest BCUT2D eigenvalue weighted by molar-refractivity contribution is 7.80. The number of nitro groups is 1. The summed E-state index contributed by atoms with van der Waals surface area (Å²) < 4.78 is 5.65. The van der Waals surface area contributed by atoms with Crippen molar-refractivity contribution in [2.75, 3.05) is 18.4 Å². The zero-order valence-corrected chi connectivity index (χ0v) is 12.2. The van der Waals surface area contributed by atoms with Crippen LogP contribution in [0.3, 0.4) is 0 Å². The topological polar surface area (TPSA) is 67.6 Å². The average Bonchev–Trinajstić information content (AvgIpc) is 2.38. The highest BCUT2D eigenvalue weighted by Gasteiger charge is 2.23. The Morgan fingerprint density at radius 1 is 1.35 bits per heavy atom. The number of rotatable bonds is 2. The van der Waals surface area contributed by atoms with Gasteiger partial charge in [0.2, 0.25) is 0 Å². The van der Waals surface area contributed by atoms with E-state index in [0.29, 0.717) is 5.11 Å². The number of nitrogens with one attached hydrogen (secondary N) is 1. The number of benzene rings is 1. The van der Waals surface area contributed by atoms with Crippen molar-refractivity contribution >= 4 is 28.7 Å². The minimum atomic E-state index is -0.423. The maximum absolute atomic E-state index is 10.6. The molecule has 20 heavy (non-hydrogen) atoms. The van der Waals surface area contributed by atoms with Crippen LogP contribution in [0.2, 0.25) is 0 Å². The molecule has 7 heteroatoms. The molecule has 0 aliphatic carbocycles. The van der Waals surface area contributed by atoms with Gasteiger partial charge in [0.1, 0.15) is 0 Å². The van der Waals surface area contributed by atoms with E-state index in [0.717, 1.165) is 18.8 Å². The van der Waals surface area contributed by atoms with Crippen molar-refractivity contribution in [2.45, 2.75) is 26.1 Å². The summed E-state index contributed by atoms with van der Waals surface area (Å²) >= 11 is 5.37. The summed E-state index contributed by atoms with van der Waals surface area (Å²) in [7, 11) is 0. The van der Waals surface area contributed by atoms with Crippen molar-refractivity contribution in [3.8, 4) is 0 Å². The molecular formula is C13H17N3O3S. The van der Waals surface area contributed by atoms with Gasteiger partial charge in [0.05, 0.1) is 17.1 Å². The number of hydrogen-bond acceptors (Lipinski definition) is 4. The van der Waals surface area contributed by atoms with Crippen molar-refractivity contribution in [2.24, 2.45) is 0 Å². The van der Waals surface area contributed by atoms with Gasteiger partial charge in [-0.25, -0.2) is 0 Å². The Morgan fingerprint density at radius 3 is 2.40 bits per heavy atom. The largest absolute Gasteiger partial charge is 0.372 e. The molecule has 6 nitrogen and oxygen atoms in total. The molecule has 1 saturated heterocycles. The smallest absolute Gasteiger partial charge is 0.269 e. The Morgan fingerprint density at radius 2 is 1.90 bits per heavy atom. The molecule has 0 bridgehead atoms. The summed E-state index contributed by atoms with van der Waals surface area (Å²) in [6.07, 6.45) is 0.269. The molecule has 0 saturated carbocycles. The van der Waals surface area contributed by atoms with Crippen molar-refractivity contribution in [3.63, 3.8) is 0 Å². The Labute approximate surface area is 122 Å². The molecule has 2 atom stereocenters. The molecule has 0 radical (unpaired) electrons. The summed E-state index contributed by atoms with van der Waals surface area (Å²) in [6.45, 7) is 5.50. The maximum atomic E-state index is 10.6. The van der Waals surface area contributed by atoms with Gasteiger partial charge in [-0.05, 0) is 38.2 Å². The van der Waals surface area contributed by atoms with Gasteiger partial charge < -0.3 is 15.0 Å². The van der Waals surface area contributed by atoms with Crippen LogP contribution in [-0.4, -0.2) is 40.2 Å². The molecule has 1 aliphatic rings. The zero-order chi connectivity index (χ0) is 14.7. The van der Waals surface area contributed by atoms with E-state index in [2.05, 4.69) is 10.2 Å². The molecule has 1 fully saturated rings. The van der Waals surface area contributed by atoms with Crippen molar-refractivity contribution in [1.82, 2.24) is 4.90 Å². The standard InChI is InChI=1S/C13H17N3O3S/c1-9-7-15(8-10(2)19-9)13(20)14-11-3-5-12(6-4-11)16(17)18/h3-6,9-10H,7-8H2,1-2H3,(H,14,20). The predicted octanol–water partition coefficient (Wildman–Crippen LogP) is 2.40. The molecule has 108 valence electrons. The summed E-state index contributed by atoms with van der Waals surface area (Å²) in [5.41, 5.74) is 0.808. The molecule has 0 spiro atoms. The number of thiocarbonyl (C=S) groups is 1. The molecule has 0 aromatic heterocycles. The van der Waals surface area contributed by atoms with Crippen LogP contribution < -0.4 is 5.32 Å². The van der Waals surface area contributed by atoms with Crippen LogP contribution in [0.5, 0.6) is 0 Å². The molecule has 1 heterocycles. The van der Waals surface area contributed by atoms with Crippen LogP contribution in [0.4, 0.5) is 11.4 Å². The van der Waals surface area contributed by atoms with Crippen LogP contribution in [0, 0.1) is 10.1 Å². The van der Waals surface area contributed by atoms with Gasteiger partial charge in [-0.15, -0.1) is 0 Å². The Bertz CT molecular complexity index is 496. The van der Waals surface area contributed by atoms with E-state index < -0.39 is 4.92 Å². The van der Waals surface area contributed by atoms with Crippen molar-refractivity contribution < 1.29 is 9.66 Å². The van der Waals surface area contributed by atoms with Crippen molar-refractivity contribution in [1.29, 1.82) is 0 Å². The first-order valence-corrected chi connectivity index (χ1v) is 6.82. The number of morpholine rings is 1. The average molecular weight is 295 g/mol. The Balaban J connectivity index is 1.98. The normalized spacial score (nSPS) is 22.4. The minimum Gasteiger partial charge on any atom is -0.372 e. The van der Waals surface area contributed by atoms with E-state index in [1.165, 1.54) is 12.1 Å². The first-order valence-electron chi connectivity index (χ1n) is 6.41. The quantitative estimate of drug-likeness (QED) is 0.513. The van der Waals surface area contributed by atoms with Gasteiger partial charge in [0.25, 0.3) is 5.69 Å². The fourth-order valence-corrected chi connectivity index (χ4v) is 2.48. The first kappa shape index (κ1) is 14.7. The fourth-order valence-electron chi connectivity index (χ4n) is 2.21. The summed E-state index contributed by atoms with van der Waals surface area (Å²) in [4.78, 5) is 12.2. The summed E-state index contributed by atoms with van der Waals surface area (Å²) in [5, 5.41) is 14.3. The first-order chi connectivity index (χ1) is 9.45. The lowest BCUT2D eigenvalue weighted by atomic mass is 10.2. The molecule has 1 aromatic rings. The molecular weight excluding hydrogens is 278 g/mol. The molecule has 1 aromatic carbocycles. The summed E-state index contributed by atoms with van der Waals surface area (Å²) in [5.74, 6) is 0. The Kier molecular flexibility index (Phi) is 4.51. The van der Waals surface area contributed by atoms with E-state index >= 15 is 0 Å². The second kappa shape index (κ2) is 6.15. The third kappa shape index (κ3) is 3.64. The molecule has 1 aliphatic heterocycles. The van der Waals surface area contributed by atoms with E-state index in [1.54, 1.807) is 12.1 Å². The molecule has 2 rings (SSSR count). The SMILES string of the molecule is CC1CN(C(=S)Nc2ccc([N+](=O)[O-])cc2)CC(C)O1. The maximum Gasteiger partial charge on any atom is 0.269 e. The van der Waals surface area contributed by atoms with Crippen LogP contribution in [-0.2, 0) is 4.74 Å². The highest BCUT2D eigenvalue weighted by atomic mass is 32.1. The number of hydrogen-bond donors (Lipinski definition) is 1. The Hall–Kier alpha value is -1.73. The van der Waals surface area contributed by atoms with Gasteiger partial charge in [-0.2, -0.15) is 0 Å². The van der Waals surface area contributed by atoms with Gasteiger partial charge >= 0.3 is 0 Å². The summed E-state index contributed by atoms with van der Waals surface area (Å²) in [6, 6.07) is 6.21. The van der Waals surface area contributed by atoms with Gasteiger partial charge in [0, 0.05) is 30.9 Å². The lowest BCUT2D eigenvalue weighted by Crippen LogP contribution is -2.49. The van der Waals surface area contributed by atoms with Crippen LogP contribution >= 0.6 is 12.2 Å². The molecule has 2 unspecified atom stereocenters. The monoisotopic (exact) mass is 295 g/mol. The number of nitrogens with zero attached hydrogens (tertiary/aromatic N) is 2. The van der Waals surface area contributed by atoms with Crippen LogP contribution in [0.1, 0.15) is 13.8 Å². The number of nitro benzene ring substituents is 1. The van der Waals surface area contributed by atoms with E-state index in [9.17, 15) is 10.1 Å². The van der Waals surface area contributed by atoms with E-state index in [-0.39, 0.29) is 17.9 Å². The molecule has 1 N–H and O–H groups in total. The van der Waals surface area contributed by atoms with Gasteiger partial charge in [0.15, 0.2) is 5.11 Å². The lowest BCUT2D eigenvalue weighted by molar-refractivity contribution is -0.384. The third-order valence-electron chi connectivity index (χ3n) is 3.04. The highest BCUT2D eigenvalue weighted by Crippen LogP contribution is 2.17. The van der Waals surface area contributed by atoms with Gasteiger partial charge in [-0.3, -0.25) is 10.1 Å². The second-order valence-electron chi connectivity index (χ2n) is 4.90.